The average molecular weight is 288 g/mol. The van der Waals surface area contributed by atoms with Crippen molar-refractivity contribution in [1.29, 1.82) is 5.26 Å². The Bertz CT molecular complexity index is 538. The van der Waals surface area contributed by atoms with Crippen LogP contribution in [0.15, 0.2) is 18.2 Å². The maximum absolute atomic E-state index is 13.5. The number of anilines is 1. The summed E-state index contributed by atoms with van der Waals surface area (Å²) in [7, 11) is 0. The fraction of sp³-hybridized carbons (Fsp3) is 0.462. The maximum atomic E-state index is 13.5. The Morgan fingerprint density at radius 2 is 2.10 bits per heavy atom. The molecule has 2 rings (SSSR count). The van der Waals surface area contributed by atoms with Gasteiger partial charge in [0.05, 0.1) is 11.6 Å². The molecular formula is C13H12F4N2O. The van der Waals surface area contributed by atoms with E-state index in [0.717, 1.165) is 6.07 Å². The molecule has 0 aliphatic carbocycles. The Hall–Kier alpha value is -1.81. The third-order valence-electron chi connectivity index (χ3n) is 3.40. The normalized spacial score (nSPS) is 20.8. The number of alkyl halides is 3. The van der Waals surface area contributed by atoms with Crippen LogP contribution in [0.1, 0.15) is 18.4 Å². The largest absolute Gasteiger partial charge is 0.416 e. The minimum absolute atomic E-state index is 0.166. The SMILES string of the molecule is N#Cc1ccc(N2CCC[C@@H]2C(O)C(F)(F)F)cc1F. The van der Waals surface area contributed by atoms with E-state index in [2.05, 4.69) is 0 Å². The van der Waals surface area contributed by atoms with E-state index in [4.69, 9.17) is 5.26 Å². The van der Waals surface area contributed by atoms with Crippen molar-refractivity contribution in [2.45, 2.75) is 31.2 Å². The predicted molar refractivity (Wildman–Crippen MR) is 63.5 cm³/mol. The van der Waals surface area contributed by atoms with Crippen LogP contribution in [-0.2, 0) is 0 Å². The Balaban J connectivity index is 2.28. The second kappa shape index (κ2) is 5.29. The van der Waals surface area contributed by atoms with E-state index in [-0.39, 0.29) is 17.7 Å². The van der Waals surface area contributed by atoms with Crippen molar-refractivity contribution in [1.82, 2.24) is 0 Å². The molecule has 1 unspecified atom stereocenters. The number of rotatable bonds is 2. The van der Waals surface area contributed by atoms with Gasteiger partial charge in [-0.05, 0) is 31.0 Å². The van der Waals surface area contributed by atoms with Gasteiger partial charge in [-0.25, -0.2) is 4.39 Å². The van der Waals surface area contributed by atoms with E-state index in [1.807, 2.05) is 0 Å². The number of nitriles is 1. The van der Waals surface area contributed by atoms with Crippen LogP contribution in [-0.4, -0.2) is 30.0 Å². The van der Waals surface area contributed by atoms with Crippen molar-refractivity contribution < 1.29 is 22.7 Å². The first-order chi connectivity index (χ1) is 9.34. The fourth-order valence-electron chi connectivity index (χ4n) is 2.43. The van der Waals surface area contributed by atoms with Crippen LogP contribution in [0.2, 0.25) is 0 Å². The van der Waals surface area contributed by atoms with Gasteiger partial charge in [0, 0.05) is 12.2 Å². The molecule has 0 amide bonds. The van der Waals surface area contributed by atoms with Crippen LogP contribution in [0, 0.1) is 17.1 Å². The first kappa shape index (κ1) is 14.6. The van der Waals surface area contributed by atoms with E-state index < -0.39 is 24.1 Å². The number of benzene rings is 1. The number of nitrogens with zero attached hydrogens (tertiary/aromatic N) is 2. The molecule has 1 heterocycles. The molecule has 1 aromatic rings. The predicted octanol–water partition coefficient (Wildman–Crippen LogP) is 2.59. The van der Waals surface area contributed by atoms with Gasteiger partial charge >= 0.3 is 6.18 Å². The summed E-state index contributed by atoms with van der Waals surface area (Å²) in [5.74, 6) is -0.780. The van der Waals surface area contributed by atoms with Gasteiger partial charge in [-0.3, -0.25) is 0 Å². The third-order valence-corrected chi connectivity index (χ3v) is 3.40. The van der Waals surface area contributed by atoms with Crippen LogP contribution in [0.3, 0.4) is 0 Å². The van der Waals surface area contributed by atoms with E-state index in [0.29, 0.717) is 13.0 Å². The second-order valence-corrected chi connectivity index (χ2v) is 4.67. The zero-order valence-corrected chi connectivity index (χ0v) is 10.4. The fourth-order valence-corrected chi connectivity index (χ4v) is 2.43. The molecule has 0 spiro atoms. The summed E-state index contributed by atoms with van der Waals surface area (Å²) in [4.78, 5) is 1.34. The van der Waals surface area contributed by atoms with Crippen LogP contribution in [0.4, 0.5) is 23.2 Å². The minimum Gasteiger partial charge on any atom is -0.382 e. The highest BCUT2D eigenvalue weighted by atomic mass is 19.4. The molecule has 7 heteroatoms. The molecular weight excluding hydrogens is 276 g/mol. The lowest BCUT2D eigenvalue weighted by molar-refractivity contribution is -0.209. The zero-order valence-electron chi connectivity index (χ0n) is 10.4. The topological polar surface area (TPSA) is 47.3 Å². The van der Waals surface area contributed by atoms with Crippen LogP contribution in [0.5, 0.6) is 0 Å². The van der Waals surface area contributed by atoms with Gasteiger partial charge in [0.1, 0.15) is 11.9 Å². The molecule has 1 saturated heterocycles. The third kappa shape index (κ3) is 2.70. The minimum atomic E-state index is -4.71. The molecule has 108 valence electrons. The molecule has 1 N–H and O–H groups in total. The molecule has 3 nitrogen and oxygen atoms in total. The Kier molecular flexibility index (Phi) is 3.86. The lowest BCUT2D eigenvalue weighted by Crippen LogP contribution is -2.47. The highest BCUT2D eigenvalue weighted by Crippen LogP contribution is 2.34. The number of aliphatic hydroxyl groups excluding tert-OH is 1. The molecule has 1 aliphatic rings. The van der Waals surface area contributed by atoms with Crippen molar-refractivity contribution in [3.8, 4) is 6.07 Å². The maximum Gasteiger partial charge on any atom is 0.416 e. The molecule has 0 aromatic heterocycles. The summed E-state index contributed by atoms with van der Waals surface area (Å²) in [5.41, 5.74) is 0.0770. The number of aliphatic hydroxyl groups is 1. The first-order valence-corrected chi connectivity index (χ1v) is 6.05. The molecule has 1 fully saturated rings. The van der Waals surface area contributed by atoms with Crippen LogP contribution in [0.25, 0.3) is 0 Å². The molecule has 0 bridgehead atoms. The van der Waals surface area contributed by atoms with Gasteiger partial charge in [-0.1, -0.05) is 0 Å². The number of hydrogen-bond acceptors (Lipinski definition) is 3. The monoisotopic (exact) mass is 288 g/mol. The Labute approximate surface area is 113 Å². The van der Waals surface area contributed by atoms with Gasteiger partial charge in [-0.2, -0.15) is 18.4 Å². The Morgan fingerprint density at radius 1 is 1.40 bits per heavy atom. The molecule has 1 aromatic carbocycles. The zero-order chi connectivity index (χ0) is 14.9. The standard InChI is InChI=1S/C13H12F4N2O/c14-10-6-9(4-3-8(10)7-18)19-5-1-2-11(19)12(20)13(15,16)17/h3-4,6,11-12,20H,1-2,5H2/t11-,12?/m1/s1. The highest BCUT2D eigenvalue weighted by Gasteiger charge is 2.47. The highest BCUT2D eigenvalue weighted by molar-refractivity contribution is 5.52. The number of halogens is 4. The molecule has 20 heavy (non-hydrogen) atoms. The van der Waals surface area contributed by atoms with Crippen molar-refractivity contribution in [3.63, 3.8) is 0 Å². The van der Waals surface area contributed by atoms with E-state index in [1.165, 1.54) is 17.0 Å². The first-order valence-electron chi connectivity index (χ1n) is 6.05. The van der Waals surface area contributed by atoms with E-state index in [9.17, 15) is 22.7 Å². The summed E-state index contributed by atoms with van der Waals surface area (Å²) in [6.07, 6.45) is -6.51. The van der Waals surface area contributed by atoms with Crippen molar-refractivity contribution in [3.05, 3.63) is 29.6 Å². The number of hydrogen-bond donors (Lipinski definition) is 1. The molecule has 0 radical (unpaired) electrons. The lowest BCUT2D eigenvalue weighted by atomic mass is 10.1. The summed E-state index contributed by atoms with van der Waals surface area (Å²) in [6, 6.07) is 4.17. The van der Waals surface area contributed by atoms with Crippen molar-refractivity contribution >= 4 is 5.69 Å². The molecule has 1 aliphatic heterocycles. The average Bonchev–Trinajstić information content (AvgIpc) is 2.85. The van der Waals surface area contributed by atoms with Crippen LogP contribution >= 0.6 is 0 Å². The second-order valence-electron chi connectivity index (χ2n) is 4.67. The Morgan fingerprint density at radius 3 is 2.65 bits per heavy atom. The summed E-state index contributed by atoms with van der Waals surface area (Å²) in [5, 5.41) is 18.0. The van der Waals surface area contributed by atoms with Gasteiger partial charge < -0.3 is 10.0 Å². The van der Waals surface area contributed by atoms with E-state index >= 15 is 0 Å². The van der Waals surface area contributed by atoms with E-state index in [1.54, 1.807) is 6.07 Å². The lowest BCUT2D eigenvalue weighted by Gasteiger charge is -2.31. The van der Waals surface area contributed by atoms with Gasteiger partial charge in [0.2, 0.25) is 0 Å². The summed E-state index contributed by atoms with van der Waals surface area (Å²) < 4.78 is 51.3. The van der Waals surface area contributed by atoms with Crippen molar-refractivity contribution in [2.24, 2.45) is 0 Å². The van der Waals surface area contributed by atoms with Gasteiger partial charge in [-0.15, -0.1) is 0 Å². The van der Waals surface area contributed by atoms with Gasteiger partial charge in [0.15, 0.2) is 6.10 Å². The molecule has 0 saturated carbocycles. The van der Waals surface area contributed by atoms with Crippen LogP contribution < -0.4 is 4.90 Å². The van der Waals surface area contributed by atoms with Crippen molar-refractivity contribution in [2.75, 3.05) is 11.4 Å². The van der Waals surface area contributed by atoms with Gasteiger partial charge in [0.25, 0.3) is 0 Å². The smallest absolute Gasteiger partial charge is 0.382 e. The summed E-state index contributed by atoms with van der Waals surface area (Å²) in [6.45, 7) is 0.309. The molecule has 2 atom stereocenters. The summed E-state index contributed by atoms with van der Waals surface area (Å²) >= 11 is 0. The quantitative estimate of drug-likeness (QED) is 0.851.